The van der Waals surface area contributed by atoms with E-state index >= 15 is 0 Å². The second kappa shape index (κ2) is 6.75. The Morgan fingerprint density at radius 2 is 2.16 bits per heavy atom. The van der Waals surface area contributed by atoms with Gasteiger partial charge in [-0.25, -0.2) is 0 Å². The van der Waals surface area contributed by atoms with E-state index in [0.29, 0.717) is 10.6 Å². The third-order valence-corrected chi connectivity index (χ3v) is 3.37. The Morgan fingerprint density at radius 1 is 1.42 bits per heavy atom. The van der Waals surface area contributed by atoms with Crippen LogP contribution in [-0.4, -0.2) is 50.3 Å². The molecular formula is C13H18ClN3O2. The summed E-state index contributed by atoms with van der Waals surface area (Å²) in [6, 6.07) is 5.31. The minimum atomic E-state index is -0.220. The van der Waals surface area contributed by atoms with E-state index in [-0.39, 0.29) is 19.1 Å². The molecule has 0 saturated carbocycles. The maximum absolute atomic E-state index is 11.7. The van der Waals surface area contributed by atoms with Crippen LogP contribution in [0.4, 0.5) is 5.69 Å². The molecule has 1 heterocycles. The van der Waals surface area contributed by atoms with E-state index < -0.39 is 0 Å². The maximum atomic E-state index is 11.7. The predicted octanol–water partition coefficient (Wildman–Crippen LogP) is 0.472. The molecule has 0 spiro atoms. The molecule has 104 valence electrons. The molecule has 1 aromatic carbocycles. The summed E-state index contributed by atoms with van der Waals surface area (Å²) in [4.78, 5) is 13.9. The number of hydrogen-bond acceptors (Lipinski definition) is 4. The fourth-order valence-electron chi connectivity index (χ4n) is 2.08. The van der Waals surface area contributed by atoms with Gasteiger partial charge in [-0.15, -0.1) is 0 Å². The number of anilines is 1. The first-order valence-electron chi connectivity index (χ1n) is 6.36. The Balaban J connectivity index is 2.10. The van der Waals surface area contributed by atoms with Crippen molar-refractivity contribution in [2.75, 3.05) is 44.2 Å². The largest absolute Gasteiger partial charge is 0.395 e. The molecule has 1 saturated heterocycles. The molecular weight excluding hydrogens is 266 g/mol. The van der Waals surface area contributed by atoms with Gasteiger partial charge >= 0.3 is 0 Å². The highest BCUT2D eigenvalue weighted by molar-refractivity contribution is 6.33. The van der Waals surface area contributed by atoms with Gasteiger partial charge in [-0.05, 0) is 18.2 Å². The number of aliphatic hydroxyl groups excluding tert-OH is 1. The predicted molar refractivity (Wildman–Crippen MR) is 76.0 cm³/mol. The normalized spacial score (nSPS) is 15.4. The number of rotatable bonds is 4. The third-order valence-electron chi connectivity index (χ3n) is 3.06. The summed E-state index contributed by atoms with van der Waals surface area (Å²) in [6.45, 7) is 3.88. The van der Waals surface area contributed by atoms with E-state index in [1.165, 1.54) is 0 Å². The molecule has 0 atom stereocenters. The number of nitrogens with zero attached hydrogens (tertiary/aromatic N) is 1. The van der Waals surface area contributed by atoms with Crippen molar-refractivity contribution < 1.29 is 9.90 Å². The fourth-order valence-corrected chi connectivity index (χ4v) is 2.38. The number of piperazine rings is 1. The van der Waals surface area contributed by atoms with E-state index in [0.717, 1.165) is 31.9 Å². The van der Waals surface area contributed by atoms with Crippen LogP contribution >= 0.6 is 11.6 Å². The molecule has 19 heavy (non-hydrogen) atoms. The maximum Gasteiger partial charge on any atom is 0.251 e. The summed E-state index contributed by atoms with van der Waals surface area (Å²) in [7, 11) is 0. The van der Waals surface area contributed by atoms with Gasteiger partial charge in [0.05, 0.1) is 17.3 Å². The molecule has 0 radical (unpaired) electrons. The van der Waals surface area contributed by atoms with E-state index in [4.69, 9.17) is 16.7 Å². The molecule has 1 aliphatic rings. The summed E-state index contributed by atoms with van der Waals surface area (Å²) in [6.07, 6.45) is 0. The van der Waals surface area contributed by atoms with Crippen molar-refractivity contribution >= 4 is 23.2 Å². The van der Waals surface area contributed by atoms with Gasteiger partial charge in [0.25, 0.3) is 5.91 Å². The van der Waals surface area contributed by atoms with Crippen molar-refractivity contribution in [2.45, 2.75) is 0 Å². The van der Waals surface area contributed by atoms with Crippen LogP contribution < -0.4 is 15.5 Å². The molecule has 1 aromatic rings. The number of hydrogen-bond donors (Lipinski definition) is 3. The number of halogens is 1. The van der Waals surface area contributed by atoms with Crippen molar-refractivity contribution in [3.8, 4) is 0 Å². The van der Waals surface area contributed by atoms with E-state index in [2.05, 4.69) is 15.5 Å². The first-order chi connectivity index (χ1) is 9.22. The van der Waals surface area contributed by atoms with Crippen LogP contribution in [-0.2, 0) is 0 Å². The Hall–Kier alpha value is -1.30. The zero-order valence-corrected chi connectivity index (χ0v) is 11.4. The van der Waals surface area contributed by atoms with E-state index in [1.807, 2.05) is 6.07 Å². The van der Waals surface area contributed by atoms with Crippen LogP contribution in [0, 0.1) is 0 Å². The van der Waals surface area contributed by atoms with Gasteiger partial charge in [0.1, 0.15) is 0 Å². The second-order valence-electron chi connectivity index (χ2n) is 4.38. The van der Waals surface area contributed by atoms with E-state index in [9.17, 15) is 4.79 Å². The zero-order valence-electron chi connectivity index (χ0n) is 10.7. The summed E-state index contributed by atoms with van der Waals surface area (Å²) < 4.78 is 0. The average molecular weight is 284 g/mol. The van der Waals surface area contributed by atoms with Gasteiger partial charge in [0.15, 0.2) is 0 Å². The highest BCUT2D eigenvalue weighted by Gasteiger charge is 2.15. The number of carbonyl (C=O) groups excluding carboxylic acids is 1. The lowest BCUT2D eigenvalue weighted by Crippen LogP contribution is -2.43. The molecule has 0 bridgehead atoms. The summed E-state index contributed by atoms with van der Waals surface area (Å²) in [5, 5.41) is 15.1. The lowest BCUT2D eigenvalue weighted by atomic mass is 10.1. The first-order valence-corrected chi connectivity index (χ1v) is 6.74. The minimum absolute atomic E-state index is 0.0711. The van der Waals surface area contributed by atoms with Gasteiger partial charge in [-0.2, -0.15) is 0 Å². The van der Waals surface area contributed by atoms with Crippen LogP contribution in [0.15, 0.2) is 18.2 Å². The van der Waals surface area contributed by atoms with Crippen molar-refractivity contribution in [2.24, 2.45) is 0 Å². The summed E-state index contributed by atoms with van der Waals surface area (Å²) in [5.41, 5.74) is 1.47. The molecule has 5 nitrogen and oxygen atoms in total. The van der Waals surface area contributed by atoms with Gasteiger partial charge in [-0.1, -0.05) is 11.6 Å². The van der Waals surface area contributed by atoms with Crippen molar-refractivity contribution in [1.82, 2.24) is 10.6 Å². The molecule has 0 aliphatic carbocycles. The highest BCUT2D eigenvalue weighted by Crippen LogP contribution is 2.27. The Kier molecular flexibility index (Phi) is 5.01. The molecule has 1 amide bonds. The molecule has 1 fully saturated rings. The Bertz CT molecular complexity index is 448. The van der Waals surface area contributed by atoms with E-state index in [1.54, 1.807) is 12.1 Å². The summed E-state index contributed by atoms with van der Waals surface area (Å²) in [5.74, 6) is -0.220. The summed E-state index contributed by atoms with van der Waals surface area (Å²) >= 11 is 6.25. The molecule has 6 heteroatoms. The van der Waals surface area contributed by atoms with Crippen molar-refractivity contribution in [3.63, 3.8) is 0 Å². The smallest absolute Gasteiger partial charge is 0.251 e. The SMILES string of the molecule is O=C(NCCO)c1ccc(N2CCNCC2)c(Cl)c1. The third kappa shape index (κ3) is 3.59. The number of benzene rings is 1. The Labute approximate surface area is 117 Å². The van der Waals surface area contributed by atoms with Crippen molar-refractivity contribution in [1.29, 1.82) is 0 Å². The molecule has 0 aromatic heterocycles. The highest BCUT2D eigenvalue weighted by atomic mass is 35.5. The van der Waals surface area contributed by atoms with Gasteiger partial charge in [-0.3, -0.25) is 4.79 Å². The van der Waals surface area contributed by atoms with Crippen LogP contribution in [0.2, 0.25) is 5.02 Å². The lowest BCUT2D eigenvalue weighted by Gasteiger charge is -2.30. The zero-order chi connectivity index (χ0) is 13.7. The number of aliphatic hydroxyl groups is 1. The number of nitrogens with one attached hydrogen (secondary N) is 2. The van der Waals surface area contributed by atoms with Gasteiger partial charge in [0.2, 0.25) is 0 Å². The van der Waals surface area contributed by atoms with Gasteiger partial charge in [0, 0.05) is 38.3 Å². The molecule has 3 N–H and O–H groups in total. The van der Waals surface area contributed by atoms with Crippen LogP contribution in [0.1, 0.15) is 10.4 Å². The first kappa shape index (κ1) is 14.1. The minimum Gasteiger partial charge on any atom is -0.395 e. The lowest BCUT2D eigenvalue weighted by molar-refractivity contribution is 0.0945. The monoisotopic (exact) mass is 283 g/mol. The Morgan fingerprint density at radius 3 is 2.79 bits per heavy atom. The van der Waals surface area contributed by atoms with Crippen LogP contribution in [0.3, 0.4) is 0 Å². The topological polar surface area (TPSA) is 64.6 Å². The van der Waals surface area contributed by atoms with Crippen molar-refractivity contribution in [3.05, 3.63) is 28.8 Å². The second-order valence-corrected chi connectivity index (χ2v) is 4.79. The van der Waals surface area contributed by atoms with Gasteiger partial charge < -0.3 is 20.6 Å². The molecule has 1 aliphatic heterocycles. The van der Waals surface area contributed by atoms with Crippen LogP contribution in [0.5, 0.6) is 0 Å². The molecule has 0 unspecified atom stereocenters. The van der Waals surface area contributed by atoms with Crippen LogP contribution in [0.25, 0.3) is 0 Å². The number of amides is 1. The average Bonchev–Trinajstić information content (AvgIpc) is 2.45. The molecule has 2 rings (SSSR count). The standard InChI is InChI=1S/C13H18ClN3O2/c14-11-9-10(13(19)16-5-8-18)1-2-12(11)17-6-3-15-4-7-17/h1-2,9,15,18H,3-8H2,(H,16,19). The fraction of sp³-hybridized carbons (Fsp3) is 0.462. The number of carbonyl (C=O) groups is 1. The quantitative estimate of drug-likeness (QED) is 0.752.